The molecule has 92 valence electrons. The van der Waals surface area contributed by atoms with Crippen LogP contribution in [-0.4, -0.2) is 30.2 Å². The van der Waals surface area contributed by atoms with Crippen molar-refractivity contribution < 1.29 is 14.7 Å². The second-order valence-electron chi connectivity index (χ2n) is 3.75. The summed E-state index contributed by atoms with van der Waals surface area (Å²) >= 11 is 0. The highest BCUT2D eigenvalue weighted by molar-refractivity contribution is 5.73. The fourth-order valence-electron chi connectivity index (χ4n) is 1.09. The first kappa shape index (κ1) is 14.5. The normalized spacial score (nSPS) is 11.6. The van der Waals surface area contributed by atoms with Gasteiger partial charge in [-0.2, -0.15) is 0 Å². The molecule has 0 saturated carbocycles. The van der Waals surface area contributed by atoms with Crippen LogP contribution >= 0.6 is 0 Å². The van der Waals surface area contributed by atoms with Gasteiger partial charge in [0.25, 0.3) is 0 Å². The maximum atomic E-state index is 11.2. The van der Waals surface area contributed by atoms with Crippen LogP contribution in [0, 0.1) is 5.92 Å². The molecule has 3 N–H and O–H groups in total. The molecule has 0 bridgehead atoms. The van der Waals surface area contributed by atoms with E-state index >= 15 is 0 Å². The highest BCUT2D eigenvalue weighted by Gasteiger charge is 2.06. The molecule has 2 amide bonds. The Balaban J connectivity index is 3.50. The van der Waals surface area contributed by atoms with Gasteiger partial charge < -0.3 is 15.7 Å². The summed E-state index contributed by atoms with van der Waals surface area (Å²) in [6.45, 7) is 6.52. The van der Waals surface area contributed by atoms with E-state index in [1.54, 1.807) is 6.08 Å². The fraction of sp³-hybridized carbons (Fsp3) is 0.636. The van der Waals surface area contributed by atoms with E-state index < -0.39 is 5.97 Å². The zero-order chi connectivity index (χ0) is 12.4. The van der Waals surface area contributed by atoms with Gasteiger partial charge in [-0.15, -0.1) is 6.58 Å². The Morgan fingerprint density at radius 3 is 2.69 bits per heavy atom. The summed E-state index contributed by atoms with van der Waals surface area (Å²) < 4.78 is 0. The molecule has 0 fully saturated rings. The van der Waals surface area contributed by atoms with Crippen LogP contribution in [0.3, 0.4) is 0 Å². The molecule has 0 spiro atoms. The zero-order valence-corrected chi connectivity index (χ0v) is 9.66. The Bertz CT molecular complexity index is 241. The summed E-state index contributed by atoms with van der Waals surface area (Å²) in [6, 6.07) is -0.218. The Morgan fingerprint density at radius 2 is 2.12 bits per heavy atom. The van der Waals surface area contributed by atoms with E-state index in [1.807, 2.05) is 6.92 Å². The number of carbonyl (C=O) groups is 2. The first-order valence-corrected chi connectivity index (χ1v) is 5.40. The van der Waals surface area contributed by atoms with E-state index in [0.717, 1.165) is 6.42 Å². The van der Waals surface area contributed by atoms with Crippen molar-refractivity contribution in [3.63, 3.8) is 0 Å². The molecule has 0 aliphatic heterocycles. The fourth-order valence-corrected chi connectivity index (χ4v) is 1.09. The average molecular weight is 228 g/mol. The van der Waals surface area contributed by atoms with Gasteiger partial charge in [-0.05, 0) is 18.8 Å². The van der Waals surface area contributed by atoms with E-state index in [9.17, 15) is 9.59 Å². The molecule has 0 aromatic carbocycles. The number of carboxylic acids is 1. The van der Waals surface area contributed by atoms with Crippen LogP contribution < -0.4 is 10.6 Å². The predicted molar refractivity (Wildman–Crippen MR) is 62.2 cm³/mol. The number of hydrogen-bond donors (Lipinski definition) is 3. The number of urea groups is 1. The third-order valence-electron chi connectivity index (χ3n) is 2.10. The number of rotatable bonds is 8. The number of nitrogens with one attached hydrogen (secondary N) is 2. The highest BCUT2D eigenvalue weighted by Crippen LogP contribution is 2.03. The topological polar surface area (TPSA) is 78.4 Å². The largest absolute Gasteiger partial charge is 0.481 e. The molecule has 0 heterocycles. The van der Waals surface area contributed by atoms with Crippen LogP contribution in [0.25, 0.3) is 0 Å². The molecular formula is C11H20N2O3. The molecule has 0 rings (SSSR count). The number of aliphatic carboxylic acids is 1. The SMILES string of the molecule is C=CCCNC(=O)NCC(C)CCC(=O)O. The molecule has 0 saturated heterocycles. The molecular weight excluding hydrogens is 208 g/mol. The van der Waals surface area contributed by atoms with Crippen molar-refractivity contribution >= 4 is 12.0 Å². The number of carbonyl (C=O) groups excluding carboxylic acids is 1. The lowest BCUT2D eigenvalue weighted by Gasteiger charge is -2.11. The van der Waals surface area contributed by atoms with Gasteiger partial charge in [0.2, 0.25) is 0 Å². The van der Waals surface area contributed by atoms with Gasteiger partial charge in [0, 0.05) is 19.5 Å². The number of hydrogen-bond acceptors (Lipinski definition) is 2. The van der Waals surface area contributed by atoms with E-state index in [0.29, 0.717) is 19.5 Å². The molecule has 1 unspecified atom stereocenters. The van der Waals surface area contributed by atoms with Crippen molar-refractivity contribution in [2.24, 2.45) is 5.92 Å². The van der Waals surface area contributed by atoms with Crippen LogP contribution in [0.4, 0.5) is 4.79 Å². The van der Waals surface area contributed by atoms with Crippen molar-refractivity contribution in [1.82, 2.24) is 10.6 Å². The predicted octanol–water partition coefficient (Wildman–Crippen LogP) is 1.36. The molecule has 0 aromatic rings. The lowest BCUT2D eigenvalue weighted by atomic mass is 10.1. The van der Waals surface area contributed by atoms with E-state index in [2.05, 4.69) is 17.2 Å². The van der Waals surface area contributed by atoms with Crippen LogP contribution in [0.1, 0.15) is 26.2 Å². The quantitative estimate of drug-likeness (QED) is 0.433. The van der Waals surface area contributed by atoms with Crippen LogP contribution in [0.15, 0.2) is 12.7 Å². The Labute approximate surface area is 95.9 Å². The van der Waals surface area contributed by atoms with Crippen LogP contribution in [0.5, 0.6) is 0 Å². The minimum atomic E-state index is -0.803. The van der Waals surface area contributed by atoms with Gasteiger partial charge >= 0.3 is 12.0 Å². The maximum Gasteiger partial charge on any atom is 0.314 e. The lowest BCUT2D eigenvalue weighted by molar-refractivity contribution is -0.137. The number of carboxylic acid groups (broad SMARTS) is 1. The first-order valence-electron chi connectivity index (χ1n) is 5.40. The van der Waals surface area contributed by atoms with E-state index in [-0.39, 0.29) is 18.4 Å². The molecule has 5 heteroatoms. The van der Waals surface area contributed by atoms with Gasteiger partial charge in [-0.1, -0.05) is 13.0 Å². The molecule has 5 nitrogen and oxygen atoms in total. The van der Waals surface area contributed by atoms with Gasteiger partial charge in [-0.25, -0.2) is 4.79 Å². The Hall–Kier alpha value is -1.52. The van der Waals surface area contributed by atoms with Gasteiger partial charge in [0.15, 0.2) is 0 Å². The zero-order valence-electron chi connectivity index (χ0n) is 9.66. The summed E-state index contributed by atoms with van der Waals surface area (Å²) in [4.78, 5) is 21.5. The third-order valence-corrected chi connectivity index (χ3v) is 2.10. The van der Waals surface area contributed by atoms with Crippen LogP contribution in [0.2, 0.25) is 0 Å². The summed E-state index contributed by atoms with van der Waals surface area (Å²) in [6.07, 6.45) is 3.18. The molecule has 1 atom stereocenters. The molecule has 0 aliphatic carbocycles. The molecule has 0 radical (unpaired) electrons. The summed E-state index contributed by atoms with van der Waals surface area (Å²) in [5.41, 5.74) is 0. The van der Waals surface area contributed by atoms with E-state index in [1.165, 1.54) is 0 Å². The summed E-state index contributed by atoms with van der Waals surface area (Å²) in [7, 11) is 0. The Morgan fingerprint density at radius 1 is 1.44 bits per heavy atom. The maximum absolute atomic E-state index is 11.2. The molecule has 0 aromatic heterocycles. The van der Waals surface area contributed by atoms with Gasteiger partial charge in [0.1, 0.15) is 0 Å². The van der Waals surface area contributed by atoms with E-state index in [4.69, 9.17) is 5.11 Å². The summed E-state index contributed by atoms with van der Waals surface area (Å²) in [5, 5.41) is 13.8. The monoisotopic (exact) mass is 228 g/mol. The molecule has 0 aliphatic rings. The van der Waals surface area contributed by atoms with Crippen molar-refractivity contribution in [1.29, 1.82) is 0 Å². The third kappa shape index (κ3) is 9.05. The molecule has 16 heavy (non-hydrogen) atoms. The van der Waals surface area contributed by atoms with Crippen molar-refractivity contribution in [2.45, 2.75) is 26.2 Å². The Kier molecular flexibility index (Phi) is 7.93. The highest BCUT2D eigenvalue weighted by atomic mass is 16.4. The second-order valence-corrected chi connectivity index (χ2v) is 3.75. The van der Waals surface area contributed by atoms with Crippen LogP contribution in [-0.2, 0) is 4.79 Å². The standard InChI is InChI=1S/C11H20N2O3/c1-3-4-7-12-11(16)13-8-9(2)5-6-10(14)15/h3,9H,1,4-8H2,2H3,(H,14,15)(H2,12,13,16). The number of amides is 2. The van der Waals surface area contributed by atoms with Gasteiger partial charge in [-0.3, -0.25) is 4.79 Å². The smallest absolute Gasteiger partial charge is 0.314 e. The van der Waals surface area contributed by atoms with Crippen molar-refractivity contribution in [3.8, 4) is 0 Å². The minimum Gasteiger partial charge on any atom is -0.481 e. The van der Waals surface area contributed by atoms with Gasteiger partial charge in [0.05, 0.1) is 0 Å². The average Bonchev–Trinajstić information content (AvgIpc) is 2.24. The van der Waals surface area contributed by atoms with Crippen molar-refractivity contribution in [3.05, 3.63) is 12.7 Å². The minimum absolute atomic E-state index is 0.140. The first-order chi connectivity index (χ1) is 7.56. The lowest BCUT2D eigenvalue weighted by Crippen LogP contribution is -2.38. The summed E-state index contributed by atoms with van der Waals surface area (Å²) in [5.74, 6) is -0.636. The second kappa shape index (κ2) is 8.76. The van der Waals surface area contributed by atoms with Crippen molar-refractivity contribution in [2.75, 3.05) is 13.1 Å².